The van der Waals surface area contributed by atoms with Crippen LogP contribution in [0.3, 0.4) is 0 Å². The normalized spacial score (nSPS) is 11.9. The molecule has 0 aliphatic carbocycles. The molecule has 0 fully saturated rings. The summed E-state index contributed by atoms with van der Waals surface area (Å²) in [6.45, 7) is 5.99. The molecule has 2 rings (SSSR count). The highest BCUT2D eigenvalue weighted by atomic mass is 16.7. The lowest BCUT2D eigenvalue weighted by Crippen LogP contribution is -2.25. The molecular formula is C18H19N3O5. The minimum absolute atomic E-state index is 0.152. The van der Waals surface area contributed by atoms with Crippen LogP contribution in [-0.2, 0) is 0 Å². The lowest BCUT2D eigenvalue weighted by Gasteiger charge is -2.24. The third-order valence-electron chi connectivity index (χ3n) is 4.16. The van der Waals surface area contributed by atoms with Crippen molar-refractivity contribution in [3.05, 3.63) is 74.3 Å². The Morgan fingerprint density at radius 2 is 1.73 bits per heavy atom. The highest BCUT2D eigenvalue weighted by Gasteiger charge is 2.27. The number of nitro groups is 2. The van der Waals surface area contributed by atoms with Crippen molar-refractivity contribution in [3.8, 4) is 5.75 Å². The molecule has 26 heavy (non-hydrogen) atoms. The fourth-order valence-electron chi connectivity index (χ4n) is 2.26. The van der Waals surface area contributed by atoms with Crippen molar-refractivity contribution in [2.24, 2.45) is 10.6 Å². The number of nitro benzene ring substituents is 2. The number of rotatable bonds is 7. The van der Waals surface area contributed by atoms with Gasteiger partial charge in [-0.1, -0.05) is 56.3 Å². The van der Waals surface area contributed by atoms with Crippen LogP contribution in [0.1, 0.15) is 32.8 Å². The fraction of sp³-hybridized carbons (Fsp3) is 0.278. The van der Waals surface area contributed by atoms with Gasteiger partial charge in [-0.15, -0.1) is 0 Å². The van der Waals surface area contributed by atoms with E-state index in [1.54, 1.807) is 0 Å². The highest BCUT2D eigenvalue weighted by Crippen LogP contribution is 2.32. The van der Waals surface area contributed by atoms with E-state index in [-0.39, 0.29) is 16.9 Å². The third kappa shape index (κ3) is 4.21. The van der Waals surface area contributed by atoms with Gasteiger partial charge in [0.25, 0.3) is 5.69 Å². The summed E-state index contributed by atoms with van der Waals surface area (Å²) >= 11 is 0. The van der Waals surface area contributed by atoms with E-state index < -0.39 is 15.5 Å². The lowest BCUT2D eigenvalue weighted by molar-refractivity contribution is -0.394. The second kappa shape index (κ2) is 7.73. The molecule has 0 amide bonds. The number of hydrogen-bond acceptors (Lipinski definition) is 6. The Bertz CT molecular complexity index is 847. The van der Waals surface area contributed by atoms with E-state index in [0.29, 0.717) is 5.71 Å². The summed E-state index contributed by atoms with van der Waals surface area (Å²) in [6, 6.07) is 12.6. The van der Waals surface area contributed by atoms with Gasteiger partial charge in [0, 0.05) is 11.5 Å². The van der Waals surface area contributed by atoms with Crippen molar-refractivity contribution in [3.63, 3.8) is 0 Å². The van der Waals surface area contributed by atoms with Crippen LogP contribution < -0.4 is 4.84 Å². The van der Waals surface area contributed by atoms with E-state index in [2.05, 4.69) is 5.16 Å². The Balaban J connectivity index is 2.47. The molecule has 0 atom stereocenters. The monoisotopic (exact) mass is 357 g/mol. The molecule has 0 aliphatic heterocycles. The van der Waals surface area contributed by atoms with E-state index in [1.807, 2.05) is 51.1 Å². The summed E-state index contributed by atoms with van der Waals surface area (Å²) in [4.78, 5) is 26.0. The van der Waals surface area contributed by atoms with Crippen molar-refractivity contribution >= 4 is 17.1 Å². The van der Waals surface area contributed by atoms with Crippen molar-refractivity contribution in [1.82, 2.24) is 0 Å². The van der Waals surface area contributed by atoms with E-state index in [4.69, 9.17) is 4.84 Å². The molecule has 2 aromatic carbocycles. The second-order valence-electron chi connectivity index (χ2n) is 6.30. The molecule has 0 heterocycles. The summed E-state index contributed by atoms with van der Waals surface area (Å²) in [5, 5.41) is 26.2. The SMILES string of the molecule is CCC(C)(C)/C(=N\Oc1ccc([N+](=O)[O-])cc1[N+](=O)[O-])c1ccccc1. The Hall–Kier alpha value is -3.29. The highest BCUT2D eigenvalue weighted by molar-refractivity contribution is 6.04. The largest absolute Gasteiger partial charge is 0.349 e. The van der Waals surface area contributed by atoms with Crippen molar-refractivity contribution in [1.29, 1.82) is 0 Å². The first kappa shape index (κ1) is 19.0. The minimum atomic E-state index is -0.731. The summed E-state index contributed by atoms with van der Waals surface area (Å²) < 4.78 is 0. The van der Waals surface area contributed by atoms with E-state index in [9.17, 15) is 20.2 Å². The van der Waals surface area contributed by atoms with Crippen LogP contribution in [0.2, 0.25) is 0 Å². The number of hydrogen-bond donors (Lipinski definition) is 0. The van der Waals surface area contributed by atoms with Gasteiger partial charge < -0.3 is 4.84 Å². The Morgan fingerprint density at radius 3 is 2.27 bits per heavy atom. The molecule has 0 saturated heterocycles. The van der Waals surface area contributed by atoms with Gasteiger partial charge in [0.05, 0.1) is 21.6 Å². The van der Waals surface area contributed by atoms with Gasteiger partial charge in [-0.25, -0.2) is 0 Å². The van der Waals surface area contributed by atoms with E-state index >= 15 is 0 Å². The average molecular weight is 357 g/mol. The summed E-state index contributed by atoms with van der Waals surface area (Å²) in [6.07, 6.45) is 0.770. The maximum Gasteiger partial charge on any atom is 0.321 e. The maximum absolute atomic E-state index is 11.2. The van der Waals surface area contributed by atoms with Crippen LogP contribution in [0, 0.1) is 25.6 Å². The van der Waals surface area contributed by atoms with Gasteiger partial charge >= 0.3 is 5.69 Å². The molecular weight excluding hydrogens is 338 g/mol. The maximum atomic E-state index is 11.2. The average Bonchev–Trinajstić information content (AvgIpc) is 2.62. The lowest BCUT2D eigenvalue weighted by atomic mass is 9.81. The van der Waals surface area contributed by atoms with Crippen LogP contribution in [-0.4, -0.2) is 15.6 Å². The summed E-state index contributed by atoms with van der Waals surface area (Å²) in [7, 11) is 0. The Labute approximate surface area is 150 Å². The zero-order valence-corrected chi connectivity index (χ0v) is 14.7. The fourth-order valence-corrected chi connectivity index (χ4v) is 2.26. The predicted molar refractivity (Wildman–Crippen MR) is 97.4 cm³/mol. The van der Waals surface area contributed by atoms with Gasteiger partial charge in [0.2, 0.25) is 5.75 Å². The summed E-state index contributed by atoms with van der Waals surface area (Å²) in [5.41, 5.74) is 0.240. The molecule has 0 aliphatic rings. The van der Waals surface area contributed by atoms with Crippen molar-refractivity contribution in [2.45, 2.75) is 27.2 Å². The van der Waals surface area contributed by atoms with Crippen LogP contribution in [0.4, 0.5) is 11.4 Å². The van der Waals surface area contributed by atoms with Gasteiger partial charge in [-0.2, -0.15) is 0 Å². The van der Waals surface area contributed by atoms with Crippen LogP contribution in [0.15, 0.2) is 53.7 Å². The molecule has 0 saturated carbocycles. The first-order chi connectivity index (χ1) is 12.3. The minimum Gasteiger partial charge on any atom is -0.349 e. The van der Waals surface area contributed by atoms with Crippen molar-refractivity contribution < 1.29 is 14.7 Å². The van der Waals surface area contributed by atoms with Crippen LogP contribution >= 0.6 is 0 Å². The zero-order chi connectivity index (χ0) is 19.3. The molecule has 0 spiro atoms. The first-order valence-electron chi connectivity index (χ1n) is 8.00. The molecule has 0 N–H and O–H groups in total. The number of oxime groups is 1. The molecule has 0 radical (unpaired) electrons. The molecule has 0 unspecified atom stereocenters. The van der Waals surface area contributed by atoms with Gasteiger partial charge in [-0.3, -0.25) is 20.2 Å². The van der Waals surface area contributed by atoms with Gasteiger partial charge in [0.15, 0.2) is 0 Å². The van der Waals surface area contributed by atoms with Crippen molar-refractivity contribution in [2.75, 3.05) is 0 Å². The molecule has 0 aromatic heterocycles. The standard InChI is InChI=1S/C18H19N3O5/c1-4-18(2,3)17(13-8-6-5-7-9-13)19-26-16-11-10-14(20(22)23)12-15(16)21(24)25/h5-12H,4H2,1-3H3/b19-17-. The molecule has 8 nitrogen and oxygen atoms in total. The molecule has 2 aromatic rings. The third-order valence-corrected chi connectivity index (χ3v) is 4.16. The molecule has 8 heteroatoms. The van der Waals surface area contributed by atoms with Gasteiger partial charge in [0.1, 0.15) is 0 Å². The summed E-state index contributed by atoms with van der Waals surface area (Å²) in [5.74, 6) is -0.152. The molecule has 0 bridgehead atoms. The quantitative estimate of drug-likeness (QED) is 0.404. The second-order valence-corrected chi connectivity index (χ2v) is 6.30. The smallest absolute Gasteiger partial charge is 0.321 e. The number of benzene rings is 2. The predicted octanol–water partition coefficient (Wildman–Crippen LogP) is 4.72. The molecule has 136 valence electrons. The zero-order valence-electron chi connectivity index (χ0n) is 14.7. The number of non-ortho nitro benzene ring substituents is 1. The van der Waals surface area contributed by atoms with Crippen LogP contribution in [0.25, 0.3) is 0 Å². The Kier molecular flexibility index (Phi) is 5.66. The van der Waals surface area contributed by atoms with E-state index in [1.165, 1.54) is 6.07 Å². The Morgan fingerprint density at radius 1 is 1.08 bits per heavy atom. The topological polar surface area (TPSA) is 108 Å². The van der Waals surface area contributed by atoms with Crippen LogP contribution in [0.5, 0.6) is 5.75 Å². The van der Waals surface area contributed by atoms with E-state index in [0.717, 1.165) is 24.1 Å². The number of nitrogens with zero attached hydrogens (tertiary/aromatic N) is 3. The first-order valence-corrected chi connectivity index (χ1v) is 8.00. The van der Waals surface area contributed by atoms with Gasteiger partial charge in [-0.05, 0) is 18.1 Å².